The predicted octanol–water partition coefficient (Wildman–Crippen LogP) is 2.88. The Morgan fingerprint density at radius 3 is 2.31 bits per heavy atom. The molecule has 1 aromatic heterocycles. The van der Waals surface area contributed by atoms with Crippen molar-refractivity contribution in [2.75, 3.05) is 31.1 Å². The Balaban J connectivity index is 1.65. The van der Waals surface area contributed by atoms with Crippen LogP contribution in [-0.2, 0) is 4.79 Å². The minimum Gasteiger partial charge on any atom is -0.368 e. The van der Waals surface area contributed by atoms with Gasteiger partial charge in [0.1, 0.15) is 6.04 Å². The minimum atomic E-state index is -0.505. The first-order chi connectivity index (χ1) is 14.0. The van der Waals surface area contributed by atoms with Crippen molar-refractivity contribution in [3.8, 4) is 0 Å². The fourth-order valence-corrected chi connectivity index (χ4v) is 3.72. The average molecular weight is 395 g/mol. The third-order valence-electron chi connectivity index (χ3n) is 5.32. The number of hydrogen-bond donors (Lipinski definition) is 1. The van der Waals surface area contributed by atoms with Crippen molar-refractivity contribution in [1.29, 1.82) is 0 Å². The molecule has 0 aliphatic carbocycles. The third kappa shape index (κ3) is 5.34. The fourth-order valence-electron chi connectivity index (χ4n) is 3.72. The first kappa shape index (κ1) is 20.8. The van der Waals surface area contributed by atoms with E-state index in [0.717, 1.165) is 24.3 Å². The number of rotatable bonds is 6. The molecule has 1 fully saturated rings. The number of benzene rings is 1. The number of nitrogens with one attached hydrogen (secondary N) is 1. The van der Waals surface area contributed by atoms with Crippen LogP contribution >= 0.6 is 0 Å². The summed E-state index contributed by atoms with van der Waals surface area (Å²) in [6.07, 6.45) is 4.19. The van der Waals surface area contributed by atoms with Gasteiger partial charge in [0.05, 0.1) is 0 Å². The number of anilines is 1. The Morgan fingerprint density at radius 2 is 1.69 bits per heavy atom. The Kier molecular flexibility index (Phi) is 6.86. The van der Waals surface area contributed by atoms with Crippen LogP contribution in [0.5, 0.6) is 0 Å². The molecule has 1 aliphatic heterocycles. The van der Waals surface area contributed by atoms with Gasteiger partial charge in [-0.15, -0.1) is 0 Å². The SMILES string of the molecule is Cc1ccccc1C(=O)NC(CC(C)C)C(=O)N1CCN(c2ccncc2)CC1. The number of piperazine rings is 1. The Hall–Kier alpha value is -2.89. The van der Waals surface area contributed by atoms with E-state index in [-0.39, 0.29) is 11.8 Å². The molecule has 2 heterocycles. The summed E-state index contributed by atoms with van der Waals surface area (Å²) in [6.45, 7) is 8.90. The van der Waals surface area contributed by atoms with Crippen LogP contribution < -0.4 is 10.2 Å². The summed E-state index contributed by atoms with van der Waals surface area (Å²) in [5.74, 6) is 0.131. The van der Waals surface area contributed by atoms with Gasteiger partial charge in [0.15, 0.2) is 0 Å². The van der Waals surface area contributed by atoms with Gasteiger partial charge in [-0.1, -0.05) is 32.0 Å². The van der Waals surface area contributed by atoms with Gasteiger partial charge in [-0.25, -0.2) is 0 Å². The van der Waals surface area contributed by atoms with Gasteiger partial charge in [0, 0.05) is 49.8 Å². The van der Waals surface area contributed by atoms with Gasteiger partial charge in [0.25, 0.3) is 5.91 Å². The molecule has 3 rings (SSSR count). The first-order valence-electron chi connectivity index (χ1n) is 10.3. The molecule has 2 aromatic rings. The molecular formula is C23H30N4O2. The number of pyridine rings is 1. The van der Waals surface area contributed by atoms with E-state index >= 15 is 0 Å². The molecule has 1 unspecified atom stereocenters. The monoisotopic (exact) mass is 394 g/mol. The minimum absolute atomic E-state index is 0.00927. The number of carbonyl (C=O) groups is 2. The van der Waals surface area contributed by atoms with Crippen molar-refractivity contribution in [1.82, 2.24) is 15.2 Å². The van der Waals surface area contributed by atoms with E-state index in [1.54, 1.807) is 18.5 Å². The number of hydrogen-bond acceptors (Lipinski definition) is 4. The summed E-state index contributed by atoms with van der Waals surface area (Å²) in [4.78, 5) is 34.2. The molecule has 0 radical (unpaired) electrons. The lowest BCUT2D eigenvalue weighted by Crippen LogP contribution is -2.55. The van der Waals surface area contributed by atoms with Crippen LogP contribution in [0.3, 0.4) is 0 Å². The molecule has 6 nitrogen and oxygen atoms in total. The zero-order valence-electron chi connectivity index (χ0n) is 17.5. The molecular weight excluding hydrogens is 364 g/mol. The molecule has 1 atom stereocenters. The molecule has 1 saturated heterocycles. The van der Waals surface area contributed by atoms with Crippen LogP contribution in [0.15, 0.2) is 48.8 Å². The van der Waals surface area contributed by atoms with Crippen LogP contribution in [0.4, 0.5) is 5.69 Å². The molecule has 0 spiro atoms. The van der Waals surface area contributed by atoms with Gasteiger partial charge in [-0.05, 0) is 43.0 Å². The summed E-state index contributed by atoms with van der Waals surface area (Å²) in [6, 6.07) is 10.9. The average Bonchev–Trinajstić information content (AvgIpc) is 2.73. The zero-order valence-corrected chi connectivity index (χ0v) is 17.5. The van der Waals surface area contributed by atoms with Crippen LogP contribution in [0.2, 0.25) is 0 Å². The van der Waals surface area contributed by atoms with Crippen LogP contribution in [0.25, 0.3) is 0 Å². The summed E-state index contributed by atoms with van der Waals surface area (Å²) in [5, 5.41) is 2.99. The highest BCUT2D eigenvalue weighted by Gasteiger charge is 2.29. The number of aromatic nitrogens is 1. The predicted molar refractivity (Wildman–Crippen MR) is 115 cm³/mol. The second kappa shape index (κ2) is 9.54. The largest absolute Gasteiger partial charge is 0.368 e. The lowest BCUT2D eigenvalue weighted by atomic mass is 10.0. The Morgan fingerprint density at radius 1 is 1.03 bits per heavy atom. The summed E-state index contributed by atoms with van der Waals surface area (Å²) >= 11 is 0. The van der Waals surface area contributed by atoms with Gasteiger partial charge in [-0.3, -0.25) is 14.6 Å². The van der Waals surface area contributed by atoms with E-state index in [4.69, 9.17) is 0 Å². The quantitative estimate of drug-likeness (QED) is 0.818. The number of amides is 2. The van der Waals surface area contributed by atoms with Crippen LogP contribution in [0.1, 0.15) is 36.2 Å². The van der Waals surface area contributed by atoms with E-state index < -0.39 is 6.04 Å². The molecule has 1 aromatic carbocycles. The number of aryl methyl sites for hydroxylation is 1. The maximum Gasteiger partial charge on any atom is 0.252 e. The highest BCUT2D eigenvalue weighted by molar-refractivity contribution is 5.98. The van der Waals surface area contributed by atoms with Crippen molar-refractivity contribution < 1.29 is 9.59 Å². The smallest absolute Gasteiger partial charge is 0.252 e. The number of nitrogens with zero attached hydrogens (tertiary/aromatic N) is 3. The fraction of sp³-hybridized carbons (Fsp3) is 0.435. The highest BCUT2D eigenvalue weighted by Crippen LogP contribution is 2.17. The van der Waals surface area contributed by atoms with Gasteiger partial charge >= 0.3 is 0 Å². The molecule has 0 bridgehead atoms. The van der Waals surface area contributed by atoms with Crippen LogP contribution in [0, 0.1) is 12.8 Å². The first-order valence-corrected chi connectivity index (χ1v) is 10.3. The Labute approximate surface area is 172 Å². The topological polar surface area (TPSA) is 65.5 Å². The molecule has 6 heteroatoms. The van der Waals surface area contributed by atoms with Crippen LogP contribution in [-0.4, -0.2) is 53.9 Å². The summed E-state index contributed by atoms with van der Waals surface area (Å²) < 4.78 is 0. The van der Waals surface area contributed by atoms with Crippen molar-refractivity contribution in [2.24, 2.45) is 5.92 Å². The highest BCUT2D eigenvalue weighted by atomic mass is 16.2. The van der Waals surface area contributed by atoms with Crippen molar-refractivity contribution in [2.45, 2.75) is 33.2 Å². The number of carbonyl (C=O) groups excluding carboxylic acids is 2. The van der Waals surface area contributed by atoms with Gasteiger partial charge < -0.3 is 15.1 Å². The van der Waals surface area contributed by atoms with Crippen molar-refractivity contribution in [3.05, 3.63) is 59.9 Å². The maximum atomic E-state index is 13.2. The molecule has 1 aliphatic rings. The summed E-state index contributed by atoms with van der Waals surface area (Å²) in [7, 11) is 0. The second-order valence-electron chi connectivity index (χ2n) is 7.99. The van der Waals surface area contributed by atoms with Gasteiger partial charge in [0.2, 0.25) is 5.91 Å². The molecule has 1 N–H and O–H groups in total. The standard InChI is InChI=1S/C23H30N4O2/c1-17(2)16-21(25-22(28)20-7-5-4-6-18(20)3)23(29)27-14-12-26(13-15-27)19-8-10-24-11-9-19/h4-11,17,21H,12-16H2,1-3H3,(H,25,28). The van der Waals surface area contributed by atoms with Crippen molar-refractivity contribution >= 4 is 17.5 Å². The van der Waals surface area contributed by atoms with Gasteiger partial charge in [-0.2, -0.15) is 0 Å². The zero-order chi connectivity index (χ0) is 20.8. The summed E-state index contributed by atoms with van der Waals surface area (Å²) in [5.41, 5.74) is 2.65. The molecule has 0 saturated carbocycles. The second-order valence-corrected chi connectivity index (χ2v) is 7.99. The molecule has 2 amide bonds. The lowest BCUT2D eigenvalue weighted by molar-refractivity contribution is -0.134. The van der Waals surface area contributed by atoms with E-state index in [9.17, 15) is 9.59 Å². The Bertz CT molecular complexity index is 830. The van der Waals surface area contributed by atoms with E-state index in [0.29, 0.717) is 31.0 Å². The maximum absolute atomic E-state index is 13.2. The van der Waals surface area contributed by atoms with E-state index in [2.05, 4.69) is 29.0 Å². The molecule has 154 valence electrons. The third-order valence-corrected chi connectivity index (χ3v) is 5.32. The van der Waals surface area contributed by atoms with E-state index in [1.165, 1.54) is 0 Å². The molecule has 29 heavy (non-hydrogen) atoms. The lowest BCUT2D eigenvalue weighted by Gasteiger charge is -2.38. The van der Waals surface area contributed by atoms with Crippen molar-refractivity contribution in [3.63, 3.8) is 0 Å². The van der Waals surface area contributed by atoms with E-state index in [1.807, 2.05) is 42.2 Å². The normalized spacial score (nSPS) is 15.3.